The van der Waals surface area contributed by atoms with Crippen molar-refractivity contribution in [1.82, 2.24) is 15.1 Å². The summed E-state index contributed by atoms with van der Waals surface area (Å²) in [4.78, 5) is 41.8. The van der Waals surface area contributed by atoms with Crippen molar-refractivity contribution in [2.45, 2.75) is 19.1 Å². The number of benzene rings is 2. The molecular formula is C24H27F2N3O4S. The van der Waals surface area contributed by atoms with Crippen molar-refractivity contribution in [3.63, 3.8) is 0 Å². The molecule has 7 nitrogen and oxygen atoms in total. The third kappa shape index (κ3) is 6.69. The molecule has 1 atom stereocenters. The third-order valence-corrected chi connectivity index (χ3v) is 6.11. The van der Waals surface area contributed by atoms with Crippen LogP contribution in [0.4, 0.5) is 8.78 Å². The number of ether oxygens (including phenoxy) is 1. The van der Waals surface area contributed by atoms with Crippen LogP contribution in [0.5, 0.6) is 5.75 Å². The maximum atomic E-state index is 13.2. The Balaban J connectivity index is 1.62. The van der Waals surface area contributed by atoms with Crippen molar-refractivity contribution in [3.8, 4) is 5.75 Å². The molecule has 2 aromatic rings. The highest BCUT2D eigenvalue weighted by Crippen LogP contribution is 2.22. The summed E-state index contributed by atoms with van der Waals surface area (Å²) in [6, 6.07) is 13.9. The molecule has 0 saturated carbocycles. The average Bonchev–Trinajstić information content (AvgIpc) is 2.86. The highest BCUT2D eigenvalue weighted by molar-refractivity contribution is 7.98. The maximum absolute atomic E-state index is 13.2. The summed E-state index contributed by atoms with van der Waals surface area (Å²) in [6.45, 7) is -1.99. The van der Waals surface area contributed by atoms with Gasteiger partial charge in [0.05, 0.1) is 5.56 Å². The molecule has 0 bridgehead atoms. The fourth-order valence-corrected chi connectivity index (χ4v) is 4.16. The van der Waals surface area contributed by atoms with Crippen LogP contribution in [0.15, 0.2) is 54.6 Å². The molecule has 3 amide bonds. The van der Waals surface area contributed by atoms with E-state index in [2.05, 4.69) is 10.1 Å². The number of para-hydroxylation sites is 1. The van der Waals surface area contributed by atoms with Crippen molar-refractivity contribution >= 4 is 29.5 Å². The molecule has 1 N–H and O–H groups in total. The van der Waals surface area contributed by atoms with Crippen LogP contribution in [0.25, 0.3) is 0 Å². The lowest BCUT2D eigenvalue weighted by molar-refractivity contribution is -0.134. The lowest BCUT2D eigenvalue weighted by Crippen LogP contribution is -2.56. The maximum Gasteiger partial charge on any atom is 0.387 e. The van der Waals surface area contributed by atoms with Crippen LogP contribution in [0, 0.1) is 0 Å². The Bertz CT molecular complexity index is 985. The zero-order chi connectivity index (χ0) is 24.5. The molecule has 1 aliphatic rings. The number of halogens is 2. The number of thioether (sulfide) groups is 1. The lowest BCUT2D eigenvalue weighted by Gasteiger charge is -2.36. The molecular weight excluding hydrogens is 464 g/mol. The summed E-state index contributed by atoms with van der Waals surface area (Å²) in [5.41, 5.74) is 0.528. The minimum atomic E-state index is -3.03. The second kappa shape index (κ2) is 12.4. The van der Waals surface area contributed by atoms with Gasteiger partial charge in [-0.3, -0.25) is 14.4 Å². The molecule has 1 aliphatic heterocycles. The van der Waals surface area contributed by atoms with Gasteiger partial charge in [0, 0.05) is 31.7 Å². The van der Waals surface area contributed by atoms with Crippen LogP contribution in [0.1, 0.15) is 27.1 Å². The molecule has 1 unspecified atom stereocenters. The van der Waals surface area contributed by atoms with Crippen LogP contribution in [0.3, 0.4) is 0 Å². The number of alkyl halides is 2. The van der Waals surface area contributed by atoms with E-state index in [1.807, 2.05) is 12.3 Å². The van der Waals surface area contributed by atoms with Gasteiger partial charge in [-0.25, -0.2) is 0 Å². The topological polar surface area (TPSA) is 79.0 Å². The van der Waals surface area contributed by atoms with E-state index in [1.54, 1.807) is 47.0 Å². The van der Waals surface area contributed by atoms with Crippen LogP contribution < -0.4 is 10.1 Å². The number of nitrogens with one attached hydrogen (secondary N) is 1. The summed E-state index contributed by atoms with van der Waals surface area (Å²) >= 11 is 1.58. The Kier molecular flexibility index (Phi) is 9.26. The average molecular weight is 492 g/mol. The van der Waals surface area contributed by atoms with E-state index in [9.17, 15) is 23.2 Å². The van der Waals surface area contributed by atoms with Crippen molar-refractivity contribution in [2.75, 3.05) is 38.2 Å². The van der Waals surface area contributed by atoms with E-state index < -0.39 is 18.6 Å². The van der Waals surface area contributed by atoms with E-state index in [0.717, 1.165) is 0 Å². The molecule has 1 heterocycles. The van der Waals surface area contributed by atoms with Crippen LogP contribution in [-0.2, 0) is 4.79 Å². The van der Waals surface area contributed by atoms with E-state index in [4.69, 9.17) is 0 Å². The third-order valence-electron chi connectivity index (χ3n) is 5.46. The van der Waals surface area contributed by atoms with Crippen molar-refractivity contribution in [2.24, 2.45) is 0 Å². The molecule has 1 fully saturated rings. The number of amides is 3. The van der Waals surface area contributed by atoms with Crippen molar-refractivity contribution in [3.05, 3.63) is 65.7 Å². The molecule has 0 spiro atoms. The Morgan fingerprint density at radius 3 is 2.24 bits per heavy atom. The van der Waals surface area contributed by atoms with E-state index in [0.29, 0.717) is 17.7 Å². The van der Waals surface area contributed by atoms with E-state index in [-0.39, 0.29) is 49.3 Å². The van der Waals surface area contributed by atoms with Crippen molar-refractivity contribution in [1.29, 1.82) is 0 Å². The second-order valence-electron chi connectivity index (χ2n) is 7.67. The molecule has 3 rings (SSSR count). The first kappa shape index (κ1) is 25.5. The van der Waals surface area contributed by atoms with Gasteiger partial charge in [-0.05, 0) is 42.7 Å². The monoisotopic (exact) mass is 491 g/mol. The summed E-state index contributed by atoms with van der Waals surface area (Å²) in [5.74, 6) is -0.428. The van der Waals surface area contributed by atoms with E-state index >= 15 is 0 Å². The molecule has 2 aromatic carbocycles. The summed E-state index contributed by atoms with van der Waals surface area (Å²) < 4.78 is 29.8. The molecule has 0 aliphatic carbocycles. The smallest absolute Gasteiger partial charge is 0.387 e. The number of piperazine rings is 1. The Morgan fingerprint density at radius 1 is 0.971 bits per heavy atom. The van der Waals surface area contributed by atoms with Gasteiger partial charge < -0.3 is 19.9 Å². The Morgan fingerprint density at radius 2 is 1.59 bits per heavy atom. The molecule has 1 saturated heterocycles. The van der Waals surface area contributed by atoms with Gasteiger partial charge in [0.15, 0.2) is 0 Å². The highest BCUT2D eigenvalue weighted by Gasteiger charge is 2.31. The SMILES string of the molecule is CSCCC(NC(=O)c1ccccc1)C(=O)N1CCN(C(=O)c2ccccc2OC(F)F)CC1. The van der Waals surface area contributed by atoms with Gasteiger partial charge in [0.1, 0.15) is 11.8 Å². The highest BCUT2D eigenvalue weighted by atomic mass is 32.2. The fourth-order valence-electron chi connectivity index (χ4n) is 3.69. The number of carbonyl (C=O) groups is 3. The normalized spacial score (nSPS) is 14.6. The van der Waals surface area contributed by atoms with Gasteiger partial charge in [-0.15, -0.1) is 0 Å². The van der Waals surface area contributed by atoms with Gasteiger partial charge in [0.25, 0.3) is 11.8 Å². The number of rotatable bonds is 9. The van der Waals surface area contributed by atoms with Gasteiger partial charge in [-0.1, -0.05) is 30.3 Å². The first-order chi connectivity index (χ1) is 16.4. The number of nitrogens with zero attached hydrogens (tertiary/aromatic N) is 2. The predicted molar refractivity (Wildman–Crippen MR) is 126 cm³/mol. The fraction of sp³-hybridized carbons (Fsp3) is 0.375. The van der Waals surface area contributed by atoms with Crippen LogP contribution in [0.2, 0.25) is 0 Å². The zero-order valence-electron chi connectivity index (χ0n) is 18.8. The standard InChI is InChI=1S/C24H27F2N3O4S/c1-34-16-11-19(27-21(30)17-7-3-2-4-8-17)23(32)29-14-12-28(13-15-29)22(31)18-9-5-6-10-20(18)33-24(25)26/h2-10,19,24H,11-16H2,1H3,(H,27,30). The second-order valence-corrected chi connectivity index (χ2v) is 8.65. The zero-order valence-corrected chi connectivity index (χ0v) is 19.6. The first-order valence-electron chi connectivity index (χ1n) is 10.9. The summed E-state index contributed by atoms with van der Waals surface area (Å²) in [6.07, 6.45) is 2.41. The minimum absolute atomic E-state index is 0.0514. The molecule has 0 radical (unpaired) electrons. The minimum Gasteiger partial charge on any atom is -0.434 e. The summed E-state index contributed by atoms with van der Waals surface area (Å²) in [7, 11) is 0. The largest absolute Gasteiger partial charge is 0.434 e. The molecule has 182 valence electrons. The van der Waals surface area contributed by atoms with Crippen LogP contribution >= 0.6 is 11.8 Å². The van der Waals surface area contributed by atoms with Crippen LogP contribution in [-0.4, -0.2) is 78.4 Å². The van der Waals surface area contributed by atoms with Gasteiger partial charge in [-0.2, -0.15) is 20.5 Å². The molecule has 10 heteroatoms. The van der Waals surface area contributed by atoms with E-state index in [1.165, 1.54) is 23.1 Å². The lowest BCUT2D eigenvalue weighted by atomic mass is 10.1. The summed E-state index contributed by atoms with van der Waals surface area (Å²) in [5, 5.41) is 2.84. The Hall–Kier alpha value is -3.14. The first-order valence-corrected chi connectivity index (χ1v) is 12.3. The molecule has 34 heavy (non-hydrogen) atoms. The molecule has 0 aromatic heterocycles. The van der Waals surface area contributed by atoms with Crippen molar-refractivity contribution < 1.29 is 27.9 Å². The predicted octanol–water partition coefficient (Wildman–Crippen LogP) is 3.12. The number of hydrogen-bond acceptors (Lipinski definition) is 5. The van der Waals surface area contributed by atoms with Gasteiger partial charge >= 0.3 is 6.61 Å². The Labute approximate surface area is 201 Å². The van der Waals surface area contributed by atoms with Gasteiger partial charge in [0.2, 0.25) is 5.91 Å². The number of hydrogen-bond donors (Lipinski definition) is 1. The quantitative estimate of drug-likeness (QED) is 0.583. The number of carbonyl (C=O) groups excluding carboxylic acids is 3.